The summed E-state index contributed by atoms with van der Waals surface area (Å²) in [4.78, 5) is 0. The predicted molar refractivity (Wildman–Crippen MR) is 161 cm³/mol. The number of hydrogen-bond donors (Lipinski definition) is 0. The first kappa shape index (κ1) is 27.7. The molecule has 4 aromatic rings. The van der Waals surface area contributed by atoms with Gasteiger partial charge in [-0.3, -0.25) is 0 Å². The van der Waals surface area contributed by atoms with Gasteiger partial charge >= 0.3 is 0 Å². The molecule has 0 unspecified atom stereocenters. The maximum atomic E-state index is 15.2. The highest BCUT2D eigenvalue weighted by molar-refractivity contribution is 5.85. The number of fused-ring (bicyclic) bond motifs is 1. The van der Waals surface area contributed by atoms with E-state index < -0.39 is 0 Å². The van der Waals surface area contributed by atoms with Crippen LogP contribution in [0, 0.1) is 17.7 Å². The lowest BCUT2D eigenvalue weighted by Crippen LogP contribution is -1.93. The standard InChI is InChI=1S/C37H41F/c1-3-5-7-9-11-33-23-27-36-35(28-33)26-25-34(37(36)38)24-22-32-20-18-31(19-21-32)17-16-30-14-12-29(13-15-30)10-8-6-4-2/h12-15,18-21,23,25-28H,3-11,16-17H2,1-2H3. The van der Waals surface area contributed by atoms with Crippen molar-refractivity contribution < 1.29 is 4.39 Å². The molecule has 4 rings (SSSR count). The van der Waals surface area contributed by atoms with Crippen LogP contribution in [0.25, 0.3) is 10.8 Å². The van der Waals surface area contributed by atoms with Gasteiger partial charge in [0.25, 0.3) is 0 Å². The summed E-state index contributed by atoms with van der Waals surface area (Å²) in [5.74, 6) is 5.99. The fraction of sp³-hybridized carbons (Fsp3) is 0.351. The van der Waals surface area contributed by atoms with Crippen LogP contribution in [0.4, 0.5) is 4.39 Å². The van der Waals surface area contributed by atoms with Crippen molar-refractivity contribution in [2.24, 2.45) is 0 Å². The van der Waals surface area contributed by atoms with E-state index >= 15 is 4.39 Å². The smallest absolute Gasteiger partial charge is 0.146 e. The summed E-state index contributed by atoms with van der Waals surface area (Å²) >= 11 is 0. The first-order chi connectivity index (χ1) is 18.7. The van der Waals surface area contributed by atoms with Crippen molar-refractivity contribution in [3.8, 4) is 11.8 Å². The Morgan fingerprint density at radius 1 is 0.526 bits per heavy atom. The number of halogens is 1. The molecule has 38 heavy (non-hydrogen) atoms. The van der Waals surface area contributed by atoms with E-state index in [2.05, 4.69) is 74.2 Å². The summed E-state index contributed by atoms with van der Waals surface area (Å²) in [5, 5.41) is 1.61. The van der Waals surface area contributed by atoms with E-state index in [0.717, 1.165) is 30.2 Å². The molecule has 0 bridgehead atoms. The van der Waals surface area contributed by atoms with Gasteiger partial charge in [0.2, 0.25) is 0 Å². The van der Waals surface area contributed by atoms with Gasteiger partial charge in [-0.15, -0.1) is 0 Å². The maximum absolute atomic E-state index is 15.2. The SMILES string of the molecule is CCCCCCc1ccc2c(F)c(C#Cc3ccc(CCc4ccc(CCCCC)cc4)cc3)ccc2c1. The van der Waals surface area contributed by atoms with E-state index in [0.29, 0.717) is 10.9 Å². The molecule has 0 aliphatic rings. The van der Waals surface area contributed by atoms with Gasteiger partial charge in [0.1, 0.15) is 5.82 Å². The van der Waals surface area contributed by atoms with Crippen molar-refractivity contribution in [1.82, 2.24) is 0 Å². The van der Waals surface area contributed by atoms with Crippen LogP contribution < -0.4 is 0 Å². The highest BCUT2D eigenvalue weighted by atomic mass is 19.1. The molecule has 0 atom stereocenters. The van der Waals surface area contributed by atoms with Crippen LogP contribution in [0.2, 0.25) is 0 Å². The third kappa shape index (κ3) is 8.06. The fourth-order valence-corrected chi connectivity index (χ4v) is 4.98. The Hall–Kier alpha value is -3.37. The van der Waals surface area contributed by atoms with Gasteiger partial charge in [-0.1, -0.05) is 118 Å². The normalized spacial score (nSPS) is 10.9. The van der Waals surface area contributed by atoms with E-state index in [1.807, 2.05) is 30.3 Å². The Kier molecular flexibility index (Phi) is 10.6. The number of aryl methyl sites for hydroxylation is 4. The van der Waals surface area contributed by atoms with Crippen LogP contribution >= 0.6 is 0 Å². The molecule has 0 spiro atoms. The highest BCUT2D eigenvalue weighted by Crippen LogP contribution is 2.23. The van der Waals surface area contributed by atoms with Crippen LogP contribution in [0.15, 0.2) is 78.9 Å². The molecule has 0 saturated heterocycles. The minimum absolute atomic E-state index is 0.222. The van der Waals surface area contributed by atoms with Gasteiger partial charge in [0.15, 0.2) is 0 Å². The van der Waals surface area contributed by atoms with Crippen LogP contribution in [0.3, 0.4) is 0 Å². The maximum Gasteiger partial charge on any atom is 0.146 e. The number of rotatable bonds is 12. The molecule has 0 saturated carbocycles. The summed E-state index contributed by atoms with van der Waals surface area (Å²) in [6.07, 6.45) is 13.1. The molecule has 0 fully saturated rings. The van der Waals surface area contributed by atoms with Crippen molar-refractivity contribution in [1.29, 1.82) is 0 Å². The van der Waals surface area contributed by atoms with E-state index in [-0.39, 0.29) is 5.82 Å². The molecule has 0 radical (unpaired) electrons. The van der Waals surface area contributed by atoms with E-state index in [9.17, 15) is 0 Å². The molecular formula is C37H41F. The van der Waals surface area contributed by atoms with E-state index in [4.69, 9.17) is 0 Å². The van der Waals surface area contributed by atoms with Crippen molar-refractivity contribution in [3.63, 3.8) is 0 Å². The summed E-state index contributed by atoms with van der Waals surface area (Å²) in [7, 11) is 0. The van der Waals surface area contributed by atoms with Crippen LogP contribution in [0.5, 0.6) is 0 Å². The first-order valence-corrected chi connectivity index (χ1v) is 14.6. The lowest BCUT2D eigenvalue weighted by atomic mass is 10.00. The molecule has 0 aliphatic carbocycles. The van der Waals surface area contributed by atoms with Crippen molar-refractivity contribution in [2.75, 3.05) is 0 Å². The van der Waals surface area contributed by atoms with Gasteiger partial charge in [0.05, 0.1) is 5.56 Å². The lowest BCUT2D eigenvalue weighted by Gasteiger charge is -2.06. The van der Waals surface area contributed by atoms with Crippen molar-refractivity contribution in [3.05, 3.63) is 118 Å². The first-order valence-electron chi connectivity index (χ1n) is 14.6. The lowest BCUT2D eigenvalue weighted by molar-refractivity contribution is 0.636. The minimum atomic E-state index is -0.222. The largest absolute Gasteiger partial charge is 0.205 e. The molecular weight excluding hydrogens is 463 g/mol. The Balaban J connectivity index is 1.34. The van der Waals surface area contributed by atoms with Crippen LogP contribution in [-0.4, -0.2) is 0 Å². The molecule has 0 N–H and O–H groups in total. The van der Waals surface area contributed by atoms with Crippen molar-refractivity contribution >= 4 is 10.8 Å². The van der Waals surface area contributed by atoms with Crippen LogP contribution in [0.1, 0.15) is 92.2 Å². The third-order valence-corrected chi connectivity index (χ3v) is 7.43. The molecule has 0 nitrogen and oxygen atoms in total. The number of unbranched alkanes of at least 4 members (excludes halogenated alkanes) is 5. The second kappa shape index (κ2) is 14.5. The summed E-state index contributed by atoms with van der Waals surface area (Å²) < 4.78 is 15.2. The molecule has 1 heteroatoms. The zero-order valence-electron chi connectivity index (χ0n) is 23.2. The third-order valence-electron chi connectivity index (χ3n) is 7.43. The Morgan fingerprint density at radius 3 is 1.76 bits per heavy atom. The van der Waals surface area contributed by atoms with Crippen LogP contribution in [-0.2, 0) is 25.7 Å². The average molecular weight is 505 g/mol. The summed E-state index contributed by atoms with van der Waals surface area (Å²) in [5.41, 5.74) is 6.76. The zero-order valence-corrected chi connectivity index (χ0v) is 23.2. The average Bonchev–Trinajstić information content (AvgIpc) is 2.95. The van der Waals surface area contributed by atoms with Gasteiger partial charge in [-0.25, -0.2) is 4.39 Å². The summed E-state index contributed by atoms with van der Waals surface area (Å²) in [6, 6.07) is 27.4. The number of benzene rings is 4. The molecule has 0 aromatic heterocycles. The quantitative estimate of drug-likeness (QED) is 0.133. The predicted octanol–water partition coefficient (Wildman–Crippen LogP) is 10.0. The van der Waals surface area contributed by atoms with Gasteiger partial charge in [-0.2, -0.15) is 0 Å². The Bertz CT molecular complexity index is 1350. The molecule has 0 amide bonds. The fourth-order valence-electron chi connectivity index (χ4n) is 4.98. The topological polar surface area (TPSA) is 0 Å². The molecule has 196 valence electrons. The van der Waals surface area contributed by atoms with Gasteiger partial charge in [-0.05, 0) is 84.4 Å². The minimum Gasteiger partial charge on any atom is -0.205 e. The monoisotopic (exact) mass is 504 g/mol. The highest BCUT2D eigenvalue weighted by Gasteiger charge is 2.07. The second-order valence-electron chi connectivity index (χ2n) is 10.5. The zero-order chi connectivity index (χ0) is 26.6. The van der Waals surface area contributed by atoms with E-state index in [1.54, 1.807) is 0 Å². The van der Waals surface area contributed by atoms with Gasteiger partial charge in [0, 0.05) is 10.9 Å². The Labute approximate surface area is 229 Å². The van der Waals surface area contributed by atoms with E-state index in [1.165, 1.54) is 73.6 Å². The molecule has 0 aliphatic heterocycles. The molecule has 0 heterocycles. The van der Waals surface area contributed by atoms with Gasteiger partial charge < -0.3 is 0 Å². The summed E-state index contributed by atoms with van der Waals surface area (Å²) in [6.45, 7) is 4.47. The second-order valence-corrected chi connectivity index (χ2v) is 10.5. The molecule has 4 aromatic carbocycles. The Morgan fingerprint density at radius 2 is 1.08 bits per heavy atom. The van der Waals surface area contributed by atoms with Crippen molar-refractivity contribution in [2.45, 2.75) is 84.5 Å². The number of hydrogen-bond acceptors (Lipinski definition) is 0.